The first-order valence-electron chi connectivity index (χ1n) is 8.14. The quantitative estimate of drug-likeness (QED) is 0.798. The minimum Gasteiger partial charge on any atom is -0.360 e. The van der Waals surface area contributed by atoms with Gasteiger partial charge in [0, 0.05) is 24.4 Å². The zero-order valence-electron chi connectivity index (χ0n) is 13.7. The van der Waals surface area contributed by atoms with E-state index in [0.29, 0.717) is 18.1 Å². The van der Waals surface area contributed by atoms with Gasteiger partial charge >= 0.3 is 0 Å². The molecule has 2 aromatic carbocycles. The second kappa shape index (κ2) is 6.05. The Morgan fingerprint density at radius 1 is 1.24 bits per heavy atom. The summed E-state index contributed by atoms with van der Waals surface area (Å²) in [5.74, 6) is 0.314. The van der Waals surface area contributed by atoms with Crippen LogP contribution in [0.15, 0.2) is 53.1 Å². The van der Waals surface area contributed by atoms with Crippen LogP contribution in [0.4, 0.5) is 11.5 Å². The van der Waals surface area contributed by atoms with Gasteiger partial charge in [-0.15, -0.1) is 0 Å². The number of carbonyl (C=O) groups excluding carboxylic acids is 2. The van der Waals surface area contributed by atoms with Crippen LogP contribution in [0.5, 0.6) is 0 Å². The molecule has 1 aliphatic rings. The molecule has 0 spiro atoms. The van der Waals surface area contributed by atoms with Gasteiger partial charge in [-0.25, -0.2) is 0 Å². The molecule has 0 saturated carbocycles. The third-order valence-electron chi connectivity index (χ3n) is 4.43. The Morgan fingerprint density at radius 2 is 2.04 bits per heavy atom. The van der Waals surface area contributed by atoms with Crippen LogP contribution < -0.4 is 10.2 Å². The second-order valence-electron chi connectivity index (χ2n) is 6.22. The number of aryl methyl sites for hydroxylation is 1. The Hall–Kier alpha value is -3.15. The van der Waals surface area contributed by atoms with Crippen molar-refractivity contribution in [2.24, 2.45) is 5.92 Å². The van der Waals surface area contributed by atoms with Crippen molar-refractivity contribution in [2.45, 2.75) is 13.3 Å². The number of benzene rings is 2. The topological polar surface area (TPSA) is 75.4 Å². The van der Waals surface area contributed by atoms with Gasteiger partial charge in [0.25, 0.3) is 0 Å². The van der Waals surface area contributed by atoms with Crippen molar-refractivity contribution in [3.63, 3.8) is 0 Å². The van der Waals surface area contributed by atoms with Gasteiger partial charge in [-0.1, -0.05) is 41.6 Å². The molecule has 6 heteroatoms. The van der Waals surface area contributed by atoms with Crippen LogP contribution in [0.3, 0.4) is 0 Å². The molecule has 1 fully saturated rings. The molecule has 2 heterocycles. The van der Waals surface area contributed by atoms with Gasteiger partial charge in [0.15, 0.2) is 5.82 Å². The maximum absolute atomic E-state index is 12.5. The Morgan fingerprint density at radius 3 is 2.84 bits per heavy atom. The van der Waals surface area contributed by atoms with Crippen molar-refractivity contribution in [1.29, 1.82) is 0 Å². The van der Waals surface area contributed by atoms with Gasteiger partial charge in [-0.05, 0) is 18.4 Å². The minimum absolute atomic E-state index is 0.0483. The lowest BCUT2D eigenvalue weighted by molar-refractivity contribution is -0.122. The van der Waals surface area contributed by atoms with Gasteiger partial charge in [-0.3, -0.25) is 9.59 Å². The molecule has 0 aliphatic carbocycles. The molecule has 1 aromatic heterocycles. The number of aromatic nitrogens is 1. The number of hydrogen-bond acceptors (Lipinski definition) is 4. The molecule has 3 aromatic rings. The Kier molecular flexibility index (Phi) is 3.72. The first-order valence-corrected chi connectivity index (χ1v) is 8.14. The highest BCUT2D eigenvalue weighted by atomic mass is 16.5. The van der Waals surface area contributed by atoms with E-state index < -0.39 is 5.92 Å². The number of rotatable bonds is 3. The average Bonchev–Trinajstić information content (AvgIpc) is 3.20. The number of fused-ring (bicyclic) bond motifs is 1. The summed E-state index contributed by atoms with van der Waals surface area (Å²) < 4.78 is 4.95. The third-order valence-corrected chi connectivity index (χ3v) is 4.43. The van der Waals surface area contributed by atoms with E-state index in [0.717, 1.165) is 16.5 Å². The van der Waals surface area contributed by atoms with Crippen LogP contribution in [-0.4, -0.2) is 23.5 Å². The summed E-state index contributed by atoms with van der Waals surface area (Å²) in [5.41, 5.74) is 0.843. The Balaban J connectivity index is 1.56. The van der Waals surface area contributed by atoms with E-state index in [4.69, 9.17) is 4.52 Å². The maximum Gasteiger partial charge on any atom is 0.231 e. The number of nitrogens with one attached hydrogen (secondary N) is 1. The van der Waals surface area contributed by atoms with E-state index in [9.17, 15) is 9.59 Å². The number of hydrogen-bond donors (Lipinski definition) is 1. The molecule has 126 valence electrons. The average molecular weight is 335 g/mol. The number of anilines is 2. The van der Waals surface area contributed by atoms with E-state index in [1.165, 1.54) is 0 Å². The molecule has 25 heavy (non-hydrogen) atoms. The zero-order chi connectivity index (χ0) is 17.4. The molecule has 2 amide bonds. The van der Waals surface area contributed by atoms with Crippen molar-refractivity contribution in [2.75, 3.05) is 16.8 Å². The number of amides is 2. The largest absolute Gasteiger partial charge is 0.360 e. The highest BCUT2D eigenvalue weighted by Gasteiger charge is 2.36. The summed E-state index contributed by atoms with van der Waals surface area (Å²) in [6, 6.07) is 15.4. The van der Waals surface area contributed by atoms with Gasteiger partial charge in [0.1, 0.15) is 5.76 Å². The van der Waals surface area contributed by atoms with Crippen molar-refractivity contribution in [1.82, 2.24) is 5.16 Å². The fraction of sp³-hybridized carbons (Fsp3) is 0.211. The second-order valence-corrected chi connectivity index (χ2v) is 6.22. The van der Waals surface area contributed by atoms with Gasteiger partial charge in [0.2, 0.25) is 11.8 Å². The molecular weight excluding hydrogens is 318 g/mol. The van der Waals surface area contributed by atoms with E-state index in [-0.39, 0.29) is 18.2 Å². The normalized spacial score (nSPS) is 17.2. The van der Waals surface area contributed by atoms with Crippen LogP contribution in [0.2, 0.25) is 0 Å². The highest BCUT2D eigenvalue weighted by Crippen LogP contribution is 2.32. The Labute approximate surface area is 144 Å². The van der Waals surface area contributed by atoms with E-state index >= 15 is 0 Å². The summed E-state index contributed by atoms with van der Waals surface area (Å²) in [5, 5.41) is 8.54. The molecule has 1 atom stereocenters. The van der Waals surface area contributed by atoms with Crippen molar-refractivity contribution >= 4 is 34.1 Å². The van der Waals surface area contributed by atoms with Crippen LogP contribution in [0, 0.1) is 12.8 Å². The fourth-order valence-corrected chi connectivity index (χ4v) is 3.21. The molecule has 1 saturated heterocycles. The molecule has 1 aliphatic heterocycles. The van der Waals surface area contributed by atoms with Gasteiger partial charge < -0.3 is 14.7 Å². The molecule has 4 rings (SSSR count). The van der Waals surface area contributed by atoms with Gasteiger partial charge in [0.05, 0.1) is 11.6 Å². The van der Waals surface area contributed by atoms with Crippen molar-refractivity contribution in [3.8, 4) is 0 Å². The van der Waals surface area contributed by atoms with Crippen molar-refractivity contribution in [3.05, 3.63) is 54.3 Å². The smallest absolute Gasteiger partial charge is 0.231 e. The summed E-state index contributed by atoms with van der Waals surface area (Å²) in [7, 11) is 0. The van der Waals surface area contributed by atoms with E-state index in [1.807, 2.05) is 42.5 Å². The summed E-state index contributed by atoms with van der Waals surface area (Å²) in [4.78, 5) is 26.6. The predicted molar refractivity (Wildman–Crippen MR) is 94.3 cm³/mol. The van der Waals surface area contributed by atoms with E-state index in [1.54, 1.807) is 17.9 Å². The highest BCUT2D eigenvalue weighted by molar-refractivity contribution is 6.08. The summed E-state index contributed by atoms with van der Waals surface area (Å²) >= 11 is 0. The lowest BCUT2D eigenvalue weighted by Gasteiger charge is -2.18. The van der Waals surface area contributed by atoms with Crippen LogP contribution in [-0.2, 0) is 9.59 Å². The molecule has 0 bridgehead atoms. The van der Waals surface area contributed by atoms with Crippen LogP contribution in [0.1, 0.15) is 12.2 Å². The first kappa shape index (κ1) is 15.4. The predicted octanol–water partition coefficient (Wildman–Crippen LogP) is 3.13. The van der Waals surface area contributed by atoms with Crippen LogP contribution in [0.25, 0.3) is 10.8 Å². The molecule has 6 nitrogen and oxygen atoms in total. The Bertz CT molecular complexity index is 958. The minimum atomic E-state index is -0.413. The molecule has 1 N–H and O–H groups in total. The molecule has 0 unspecified atom stereocenters. The first-order chi connectivity index (χ1) is 12.1. The summed E-state index contributed by atoms with van der Waals surface area (Å²) in [6.45, 7) is 2.11. The zero-order valence-corrected chi connectivity index (χ0v) is 13.7. The number of nitrogens with zero attached hydrogens (tertiary/aromatic N) is 2. The van der Waals surface area contributed by atoms with Gasteiger partial charge in [-0.2, -0.15) is 0 Å². The maximum atomic E-state index is 12.5. The summed E-state index contributed by atoms with van der Waals surface area (Å²) in [6.07, 6.45) is 0.186. The van der Waals surface area contributed by atoms with Crippen molar-refractivity contribution < 1.29 is 14.1 Å². The molecule has 0 radical (unpaired) electrons. The van der Waals surface area contributed by atoms with Crippen LogP contribution >= 0.6 is 0 Å². The SMILES string of the molecule is Cc1cc(NC(=O)[C@@H]2CC(=O)N(c3cccc4ccccc34)C2)no1. The standard InChI is InChI=1S/C19H17N3O3/c1-12-9-17(21-25-12)20-19(24)14-10-18(23)22(11-14)16-8-4-6-13-5-2-3-7-15(13)16/h2-9,14H,10-11H2,1H3,(H,20,21,24)/t14-/m1/s1. The fourth-order valence-electron chi connectivity index (χ4n) is 3.21. The molecular formula is C19H17N3O3. The monoisotopic (exact) mass is 335 g/mol. The lowest BCUT2D eigenvalue weighted by atomic mass is 10.1. The lowest BCUT2D eigenvalue weighted by Crippen LogP contribution is -2.28. The third kappa shape index (κ3) is 2.87. The number of carbonyl (C=O) groups is 2. The van der Waals surface area contributed by atoms with E-state index in [2.05, 4.69) is 10.5 Å².